The fourth-order valence-corrected chi connectivity index (χ4v) is 4.64. The van der Waals surface area contributed by atoms with Crippen LogP contribution in [0.2, 0.25) is 0 Å². The molecule has 2 saturated carbocycles. The van der Waals surface area contributed by atoms with Crippen LogP contribution in [0, 0.1) is 17.8 Å². The van der Waals surface area contributed by atoms with E-state index < -0.39 is 0 Å². The van der Waals surface area contributed by atoms with Gasteiger partial charge >= 0.3 is 0 Å². The Morgan fingerprint density at radius 3 is 2.67 bits per heavy atom. The van der Waals surface area contributed by atoms with Crippen LogP contribution in [-0.2, 0) is 4.74 Å². The summed E-state index contributed by atoms with van der Waals surface area (Å²) in [4.78, 5) is 0. The molecule has 0 aromatic heterocycles. The molecular formula is C13H21IO. The van der Waals surface area contributed by atoms with Crippen molar-refractivity contribution in [3.63, 3.8) is 0 Å². The highest BCUT2D eigenvalue weighted by Crippen LogP contribution is 2.52. The second-order valence-corrected chi connectivity index (χ2v) is 6.88. The molecule has 0 amide bonds. The molecule has 1 heterocycles. The number of ether oxygens (including phenoxy) is 1. The highest BCUT2D eigenvalue weighted by atomic mass is 127. The maximum Gasteiger partial charge on any atom is 0.0748 e. The first kappa shape index (κ1) is 10.8. The van der Waals surface area contributed by atoms with E-state index in [1.165, 1.54) is 38.5 Å². The molecule has 3 fully saturated rings. The summed E-state index contributed by atoms with van der Waals surface area (Å²) >= 11 is 2.48. The van der Waals surface area contributed by atoms with Crippen LogP contribution in [-0.4, -0.2) is 16.1 Å². The summed E-state index contributed by atoms with van der Waals surface area (Å²) in [6, 6.07) is 0. The highest BCUT2D eigenvalue weighted by Gasteiger charge is 2.47. The largest absolute Gasteiger partial charge is 0.371 e. The molecule has 5 unspecified atom stereocenters. The van der Waals surface area contributed by atoms with Crippen LogP contribution in [0.1, 0.15) is 45.4 Å². The molecule has 2 bridgehead atoms. The third kappa shape index (κ3) is 1.86. The van der Waals surface area contributed by atoms with Crippen LogP contribution in [0.25, 0.3) is 0 Å². The van der Waals surface area contributed by atoms with E-state index >= 15 is 0 Å². The van der Waals surface area contributed by atoms with Crippen molar-refractivity contribution in [2.24, 2.45) is 17.8 Å². The van der Waals surface area contributed by atoms with Crippen LogP contribution in [0.15, 0.2) is 0 Å². The normalized spacial score (nSPS) is 54.0. The van der Waals surface area contributed by atoms with Crippen molar-refractivity contribution in [3.05, 3.63) is 0 Å². The minimum absolute atomic E-state index is 0.201. The molecule has 0 N–H and O–H groups in total. The summed E-state index contributed by atoms with van der Waals surface area (Å²) < 4.78 is 7.48. The molecule has 0 aromatic rings. The summed E-state index contributed by atoms with van der Waals surface area (Å²) in [7, 11) is 0. The van der Waals surface area contributed by atoms with Crippen LogP contribution >= 0.6 is 22.6 Å². The summed E-state index contributed by atoms with van der Waals surface area (Å²) in [5.74, 6) is 3.01. The average molecular weight is 320 g/mol. The predicted octanol–water partition coefficient (Wildman–Crippen LogP) is 3.80. The molecule has 2 heteroatoms. The Hall–Kier alpha value is 0.690. The zero-order valence-electron chi connectivity index (χ0n) is 9.55. The van der Waals surface area contributed by atoms with Crippen molar-refractivity contribution in [3.8, 4) is 0 Å². The van der Waals surface area contributed by atoms with Crippen molar-refractivity contribution in [1.29, 1.82) is 0 Å². The van der Waals surface area contributed by atoms with Gasteiger partial charge in [0, 0.05) is 4.43 Å². The lowest BCUT2D eigenvalue weighted by Crippen LogP contribution is -2.31. The van der Waals surface area contributed by atoms with Crippen molar-refractivity contribution >= 4 is 22.6 Å². The van der Waals surface area contributed by atoms with Gasteiger partial charge in [0.15, 0.2) is 0 Å². The third-order valence-electron chi connectivity index (χ3n) is 4.95. The van der Waals surface area contributed by atoms with E-state index in [0.29, 0.717) is 6.10 Å². The minimum Gasteiger partial charge on any atom is -0.371 e. The van der Waals surface area contributed by atoms with Crippen LogP contribution < -0.4 is 0 Å². The number of hydrogen-bond donors (Lipinski definition) is 0. The summed E-state index contributed by atoms with van der Waals surface area (Å²) in [5, 5.41) is 0. The van der Waals surface area contributed by atoms with Gasteiger partial charge in [-0.05, 0) is 56.8 Å². The molecule has 1 saturated heterocycles. The zero-order valence-corrected chi connectivity index (χ0v) is 11.7. The first-order chi connectivity index (χ1) is 7.20. The van der Waals surface area contributed by atoms with E-state index in [2.05, 4.69) is 29.5 Å². The Labute approximate surface area is 106 Å². The Bertz CT molecular complexity index is 255. The second kappa shape index (κ2) is 3.86. The number of rotatable bonds is 2. The van der Waals surface area contributed by atoms with Gasteiger partial charge in [0.1, 0.15) is 0 Å². The first-order valence-corrected chi connectivity index (χ1v) is 7.96. The molecule has 0 spiro atoms. The first-order valence-electron chi connectivity index (χ1n) is 6.44. The van der Waals surface area contributed by atoms with Crippen LogP contribution in [0.4, 0.5) is 0 Å². The smallest absolute Gasteiger partial charge is 0.0748 e. The van der Waals surface area contributed by atoms with E-state index in [4.69, 9.17) is 4.74 Å². The minimum atomic E-state index is 0.201. The maximum atomic E-state index is 6.33. The summed E-state index contributed by atoms with van der Waals surface area (Å²) in [6.07, 6.45) is 9.23. The van der Waals surface area contributed by atoms with Gasteiger partial charge in [0.2, 0.25) is 0 Å². The quantitative estimate of drug-likeness (QED) is 0.555. The molecule has 15 heavy (non-hydrogen) atoms. The lowest BCUT2D eigenvalue weighted by atomic mass is 9.83. The lowest BCUT2D eigenvalue weighted by Gasteiger charge is -2.30. The summed E-state index contributed by atoms with van der Waals surface area (Å²) in [6.45, 7) is 2.30. The molecule has 3 rings (SSSR count). The summed E-state index contributed by atoms with van der Waals surface area (Å²) in [5.41, 5.74) is 0.201. The Morgan fingerprint density at radius 2 is 2.13 bits per heavy atom. The predicted molar refractivity (Wildman–Crippen MR) is 70.3 cm³/mol. The molecule has 0 aromatic carbocycles. The molecule has 2 aliphatic carbocycles. The number of alkyl halides is 1. The second-order valence-electron chi connectivity index (χ2n) is 6.12. The van der Waals surface area contributed by atoms with Gasteiger partial charge < -0.3 is 4.74 Å². The number of halogens is 1. The van der Waals surface area contributed by atoms with Crippen molar-refractivity contribution in [1.82, 2.24) is 0 Å². The van der Waals surface area contributed by atoms with E-state index in [0.717, 1.165) is 22.2 Å². The van der Waals surface area contributed by atoms with Gasteiger partial charge in [-0.25, -0.2) is 0 Å². The SMILES string of the molecule is CC1(CI)CCC(C2CC3CCC2C3)O1. The molecule has 3 aliphatic rings. The molecule has 1 nitrogen and oxygen atoms in total. The fourth-order valence-electron chi connectivity index (χ4n) is 4.08. The van der Waals surface area contributed by atoms with Gasteiger partial charge in [-0.1, -0.05) is 29.0 Å². The highest BCUT2D eigenvalue weighted by molar-refractivity contribution is 14.1. The maximum absolute atomic E-state index is 6.33. The molecule has 86 valence electrons. The van der Waals surface area contributed by atoms with Crippen molar-refractivity contribution < 1.29 is 4.74 Å². The van der Waals surface area contributed by atoms with E-state index in [1.807, 2.05) is 0 Å². The van der Waals surface area contributed by atoms with E-state index in [-0.39, 0.29) is 5.60 Å². The lowest BCUT2D eigenvalue weighted by molar-refractivity contribution is -0.0469. The van der Waals surface area contributed by atoms with E-state index in [1.54, 1.807) is 0 Å². The Kier molecular flexibility index (Phi) is 2.79. The number of hydrogen-bond acceptors (Lipinski definition) is 1. The van der Waals surface area contributed by atoms with Gasteiger partial charge in [0.05, 0.1) is 11.7 Å². The van der Waals surface area contributed by atoms with Gasteiger partial charge in [0.25, 0.3) is 0 Å². The molecule has 1 aliphatic heterocycles. The van der Waals surface area contributed by atoms with Gasteiger partial charge in [-0.15, -0.1) is 0 Å². The zero-order chi connectivity index (χ0) is 10.5. The topological polar surface area (TPSA) is 9.23 Å². The Morgan fingerprint density at radius 1 is 1.27 bits per heavy atom. The molecule has 5 atom stereocenters. The van der Waals surface area contributed by atoms with Crippen molar-refractivity contribution in [2.75, 3.05) is 4.43 Å². The fraction of sp³-hybridized carbons (Fsp3) is 1.00. The monoisotopic (exact) mass is 320 g/mol. The van der Waals surface area contributed by atoms with Gasteiger partial charge in [-0.2, -0.15) is 0 Å². The van der Waals surface area contributed by atoms with Gasteiger partial charge in [-0.3, -0.25) is 0 Å². The average Bonchev–Trinajstić information content (AvgIpc) is 2.91. The molecule has 0 radical (unpaired) electrons. The number of fused-ring (bicyclic) bond motifs is 2. The van der Waals surface area contributed by atoms with Crippen LogP contribution in [0.5, 0.6) is 0 Å². The standard InChI is InChI=1S/C13H21IO/c1-13(8-14)5-4-12(15-13)11-7-9-2-3-10(11)6-9/h9-12H,2-8H2,1H3. The van der Waals surface area contributed by atoms with Crippen LogP contribution in [0.3, 0.4) is 0 Å². The van der Waals surface area contributed by atoms with E-state index in [9.17, 15) is 0 Å². The Balaban J connectivity index is 1.65. The third-order valence-corrected chi connectivity index (χ3v) is 6.56. The molecular weight excluding hydrogens is 299 g/mol. The van der Waals surface area contributed by atoms with Crippen molar-refractivity contribution in [2.45, 2.75) is 57.2 Å².